The smallest absolute Gasteiger partial charge is 0.381 e. The molecule has 0 bridgehead atoms. The summed E-state index contributed by atoms with van der Waals surface area (Å²) in [6, 6.07) is 10.4. The monoisotopic (exact) mass is 463 g/mol. The zero-order valence-corrected chi connectivity index (χ0v) is 18.7. The van der Waals surface area contributed by atoms with Crippen LogP contribution in [-0.2, 0) is 10.9 Å². The average Bonchev–Trinajstić information content (AvgIpc) is 3.30. The van der Waals surface area contributed by atoms with Crippen molar-refractivity contribution in [2.45, 2.75) is 37.9 Å². The van der Waals surface area contributed by atoms with Crippen LogP contribution in [0.15, 0.2) is 66.1 Å². The molecule has 1 atom stereocenters. The number of hydrogen-bond donors (Lipinski definition) is 0. The molecule has 1 saturated heterocycles. The third-order valence-electron chi connectivity index (χ3n) is 6.33. The van der Waals surface area contributed by atoms with Gasteiger partial charge in [0.1, 0.15) is 0 Å². The van der Waals surface area contributed by atoms with Crippen LogP contribution in [0.4, 0.5) is 13.2 Å². The van der Waals surface area contributed by atoms with Gasteiger partial charge in [0.05, 0.1) is 17.3 Å². The van der Waals surface area contributed by atoms with E-state index in [1.165, 1.54) is 12.4 Å². The highest BCUT2D eigenvalue weighted by molar-refractivity contribution is 6.12. The highest BCUT2D eigenvalue weighted by atomic mass is 19.4. The van der Waals surface area contributed by atoms with Crippen LogP contribution >= 0.6 is 0 Å². The van der Waals surface area contributed by atoms with Gasteiger partial charge in [-0.05, 0) is 60.6 Å². The van der Waals surface area contributed by atoms with Crippen LogP contribution < -0.4 is 0 Å². The molecule has 5 rings (SSSR count). The first-order valence-electron chi connectivity index (χ1n) is 11.3. The van der Waals surface area contributed by atoms with Crippen molar-refractivity contribution in [3.8, 4) is 22.4 Å². The van der Waals surface area contributed by atoms with E-state index in [1.807, 2.05) is 37.3 Å². The summed E-state index contributed by atoms with van der Waals surface area (Å²) in [5, 5.41) is 0. The normalized spacial score (nSPS) is 18.8. The maximum absolute atomic E-state index is 14.2. The van der Waals surface area contributed by atoms with Gasteiger partial charge in [-0.1, -0.05) is 24.3 Å². The number of alkyl halides is 3. The molecule has 3 aromatic rings. The van der Waals surface area contributed by atoms with Crippen molar-refractivity contribution in [1.29, 1.82) is 0 Å². The third kappa shape index (κ3) is 4.66. The summed E-state index contributed by atoms with van der Waals surface area (Å²) >= 11 is 0. The molecular formula is C27H24F3N3O. The molecule has 4 nitrogen and oxygen atoms in total. The Bertz CT molecular complexity index is 1260. The van der Waals surface area contributed by atoms with E-state index < -0.39 is 11.7 Å². The molecule has 1 fully saturated rings. The van der Waals surface area contributed by atoms with Crippen LogP contribution in [0.2, 0.25) is 0 Å². The van der Waals surface area contributed by atoms with Crippen LogP contribution in [0.25, 0.3) is 28.0 Å². The molecule has 1 unspecified atom stereocenters. The van der Waals surface area contributed by atoms with Crippen LogP contribution in [0.1, 0.15) is 42.4 Å². The molecule has 4 heterocycles. The zero-order chi connectivity index (χ0) is 23.7. The van der Waals surface area contributed by atoms with Crippen molar-refractivity contribution in [2.24, 2.45) is 4.99 Å². The Balaban J connectivity index is 1.53. The van der Waals surface area contributed by atoms with Gasteiger partial charge in [-0.15, -0.1) is 0 Å². The van der Waals surface area contributed by atoms with E-state index in [0.717, 1.165) is 35.6 Å². The van der Waals surface area contributed by atoms with Crippen LogP contribution in [0.5, 0.6) is 0 Å². The summed E-state index contributed by atoms with van der Waals surface area (Å²) in [5.41, 5.74) is 3.43. The van der Waals surface area contributed by atoms with E-state index in [9.17, 15) is 13.2 Å². The number of nitrogens with zero attached hydrogens (tertiary/aromatic N) is 3. The largest absolute Gasteiger partial charge is 0.417 e. The Hall–Kier alpha value is -3.32. The number of ether oxygens (including phenoxy) is 1. The maximum Gasteiger partial charge on any atom is 0.417 e. The first kappa shape index (κ1) is 22.5. The fraction of sp³-hybridized carbons (Fsp3) is 0.296. The number of aromatic nitrogens is 2. The second kappa shape index (κ2) is 9.14. The molecule has 1 aromatic carbocycles. The minimum absolute atomic E-state index is 0.0354. The lowest BCUT2D eigenvalue weighted by Gasteiger charge is -2.22. The fourth-order valence-corrected chi connectivity index (χ4v) is 4.51. The zero-order valence-electron chi connectivity index (χ0n) is 18.7. The minimum atomic E-state index is -4.53. The molecule has 174 valence electrons. The first-order valence-corrected chi connectivity index (χ1v) is 11.3. The van der Waals surface area contributed by atoms with Gasteiger partial charge in [0.25, 0.3) is 0 Å². The van der Waals surface area contributed by atoms with Crippen molar-refractivity contribution in [3.63, 3.8) is 0 Å². The molecule has 0 amide bonds. The van der Waals surface area contributed by atoms with Crippen molar-refractivity contribution in [1.82, 2.24) is 9.97 Å². The molecule has 2 aliphatic rings. The van der Waals surface area contributed by atoms with E-state index in [0.29, 0.717) is 24.3 Å². The van der Waals surface area contributed by atoms with Gasteiger partial charge >= 0.3 is 6.18 Å². The lowest BCUT2D eigenvalue weighted by molar-refractivity contribution is -0.137. The van der Waals surface area contributed by atoms with Crippen LogP contribution in [-0.4, -0.2) is 35.4 Å². The standard InChI is InChI=1S/C27H24F3N3O/c1-17-9-21(15-32-17)19-3-2-4-20(10-19)26-12-25(27(28,29)30)24(16-33-26)23-11-22(13-31-14-23)18-5-7-34-8-6-18/h2-4,9-18H,5-8H2,1H3. The van der Waals surface area contributed by atoms with Gasteiger partial charge in [0.2, 0.25) is 0 Å². The van der Waals surface area contributed by atoms with Gasteiger partial charge in [-0.25, -0.2) is 0 Å². The number of allylic oxidation sites excluding steroid dienone is 1. The first-order chi connectivity index (χ1) is 16.4. The van der Waals surface area contributed by atoms with Gasteiger partial charge in [0.15, 0.2) is 0 Å². The molecule has 2 aliphatic heterocycles. The molecule has 0 radical (unpaired) electrons. The van der Waals surface area contributed by atoms with Crippen molar-refractivity contribution in [3.05, 3.63) is 77.8 Å². The molecule has 0 spiro atoms. The van der Waals surface area contributed by atoms with Crippen LogP contribution in [0.3, 0.4) is 0 Å². The van der Waals surface area contributed by atoms with Crippen molar-refractivity contribution >= 4 is 11.8 Å². The fourth-order valence-electron chi connectivity index (χ4n) is 4.51. The molecular weight excluding hydrogens is 439 g/mol. The third-order valence-corrected chi connectivity index (χ3v) is 6.33. The Labute approximate surface area is 196 Å². The Morgan fingerprint density at radius 3 is 2.47 bits per heavy atom. The molecule has 0 N–H and O–H groups in total. The molecule has 2 aromatic heterocycles. The number of benzene rings is 1. The van der Waals surface area contributed by atoms with Gasteiger partial charge in [0, 0.05) is 54.7 Å². The maximum atomic E-state index is 14.2. The number of halogens is 3. The average molecular weight is 464 g/mol. The van der Waals surface area contributed by atoms with Gasteiger partial charge in [-0.2, -0.15) is 13.2 Å². The highest BCUT2D eigenvalue weighted by Crippen LogP contribution is 2.39. The van der Waals surface area contributed by atoms with E-state index in [2.05, 4.69) is 15.0 Å². The number of pyridine rings is 2. The Morgan fingerprint density at radius 2 is 1.74 bits per heavy atom. The van der Waals surface area contributed by atoms with E-state index in [4.69, 9.17) is 4.74 Å². The molecule has 0 saturated carbocycles. The van der Waals surface area contributed by atoms with E-state index in [1.54, 1.807) is 18.5 Å². The van der Waals surface area contributed by atoms with E-state index >= 15 is 0 Å². The summed E-state index contributed by atoms with van der Waals surface area (Å²) in [6.07, 6.45) is 5.48. The summed E-state index contributed by atoms with van der Waals surface area (Å²) in [7, 11) is 0. The summed E-state index contributed by atoms with van der Waals surface area (Å²) in [4.78, 5) is 13.0. The topological polar surface area (TPSA) is 47.4 Å². The number of rotatable bonds is 4. The molecule has 0 aliphatic carbocycles. The lowest BCUT2D eigenvalue weighted by atomic mass is 9.90. The summed E-state index contributed by atoms with van der Waals surface area (Å²) in [5.74, 6) is 0.238. The SMILES string of the molecule is CC1C=C(c2cccc(-c3cc(C(F)(F)F)c(-c4cncc(C5CCOCC5)c4)cn3)c2)C=N1. The quantitative estimate of drug-likeness (QED) is 0.439. The van der Waals surface area contributed by atoms with Gasteiger partial charge in [-0.3, -0.25) is 15.0 Å². The number of hydrogen-bond acceptors (Lipinski definition) is 4. The Morgan fingerprint density at radius 1 is 0.941 bits per heavy atom. The van der Waals surface area contributed by atoms with Crippen molar-refractivity contribution < 1.29 is 17.9 Å². The minimum Gasteiger partial charge on any atom is -0.381 e. The Kier molecular flexibility index (Phi) is 6.04. The van der Waals surface area contributed by atoms with Crippen molar-refractivity contribution in [2.75, 3.05) is 13.2 Å². The second-order valence-corrected chi connectivity index (χ2v) is 8.73. The molecule has 7 heteroatoms. The predicted octanol–water partition coefficient (Wildman–Crippen LogP) is 6.58. The predicted molar refractivity (Wildman–Crippen MR) is 127 cm³/mol. The second-order valence-electron chi connectivity index (χ2n) is 8.73. The van der Waals surface area contributed by atoms with E-state index in [-0.39, 0.29) is 23.2 Å². The highest BCUT2D eigenvalue weighted by Gasteiger charge is 2.35. The van der Waals surface area contributed by atoms with Crippen LogP contribution in [0, 0.1) is 0 Å². The molecule has 34 heavy (non-hydrogen) atoms. The summed E-state index contributed by atoms with van der Waals surface area (Å²) < 4.78 is 47.9. The van der Waals surface area contributed by atoms with Gasteiger partial charge < -0.3 is 4.74 Å². The number of aliphatic imine (C=N–C) groups is 1. The lowest BCUT2D eigenvalue weighted by Crippen LogP contribution is -2.14. The summed E-state index contributed by atoms with van der Waals surface area (Å²) in [6.45, 7) is 3.29.